The van der Waals surface area contributed by atoms with E-state index in [1.807, 2.05) is 13.8 Å². The summed E-state index contributed by atoms with van der Waals surface area (Å²) in [4.78, 5) is 11.6. The molecule has 0 saturated carbocycles. The molecule has 0 heterocycles. The lowest BCUT2D eigenvalue weighted by molar-refractivity contribution is -0.123. The number of hydrogen-bond donors (Lipinski definition) is 2. The molecule has 0 aliphatic rings. The molecule has 0 rings (SSSR count). The molecule has 3 N–H and O–H groups in total. The third kappa shape index (κ3) is 5.22. The van der Waals surface area contributed by atoms with Crippen molar-refractivity contribution in [3.8, 4) is 0 Å². The molecular weight excluding hydrogens is 176 g/mol. The van der Waals surface area contributed by atoms with E-state index in [-0.39, 0.29) is 11.4 Å². The Balaban J connectivity index is 3.99. The topological polar surface area (TPSA) is 55.1 Å². The Kier molecular flexibility index (Phi) is 5.13. The van der Waals surface area contributed by atoms with Crippen molar-refractivity contribution in [2.24, 2.45) is 17.6 Å². The van der Waals surface area contributed by atoms with Crippen molar-refractivity contribution in [1.29, 1.82) is 0 Å². The lowest BCUT2D eigenvalue weighted by atomic mass is 9.94. The van der Waals surface area contributed by atoms with Crippen LogP contribution in [0.2, 0.25) is 0 Å². The number of nitrogens with two attached hydrogens (primary N) is 1. The molecule has 0 spiro atoms. The van der Waals surface area contributed by atoms with Gasteiger partial charge in [0, 0.05) is 18.5 Å². The third-order valence-electron chi connectivity index (χ3n) is 2.63. The average molecular weight is 200 g/mol. The van der Waals surface area contributed by atoms with Crippen molar-refractivity contribution in [1.82, 2.24) is 5.32 Å². The molecule has 0 radical (unpaired) electrons. The minimum atomic E-state index is -0.284. The fourth-order valence-electron chi connectivity index (χ4n) is 1.01. The van der Waals surface area contributed by atoms with Crippen LogP contribution in [0.5, 0.6) is 0 Å². The second-order valence-corrected chi connectivity index (χ2v) is 5.06. The van der Waals surface area contributed by atoms with Crippen molar-refractivity contribution in [3.63, 3.8) is 0 Å². The Labute approximate surface area is 87.4 Å². The first-order valence-electron chi connectivity index (χ1n) is 5.29. The molecule has 0 aliphatic heterocycles. The highest BCUT2D eigenvalue weighted by Gasteiger charge is 2.20. The van der Waals surface area contributed by atoms with Crippen LogP contribution < -0.4 is 11.1 Å². The first-order chi connectivity index (χ1) is 6.28. The van der Waals surface area contributed by atoms with Crippen molar-refractivity contribution in [2.45, 2.75) is 46.6 Å². The zero-order valence-corrected chi connectivity index (χ0v) is 10.1. The van der Waals surface area contributed by atoms with E-state index in [1.54, 1.807) is 0 Å². The van der Waals surface area contributed by atoms with Gasteiger partial charge in [0.2, 0.25) is 5.91 Å². The molecular formula is C11H24N2O. The minimum absolute atomic E-state index is 0.0988. The van der Waals surface area contributed by atoms with Crippen molar-refractivity contribution < 1.29 is 4.79 Å². The molecule has 3 nitrogen and oxygen atoms in total. The van der Waals surface area contributed by atoms with Gasteiger partial charge in [-0.1, -0.05) is 20.8 Å². The summed E-state index contributed by atoms with van der Waals surface area (Å²) in [6.07, 6.45) is 0.584. The van der Waals surface area contributed by atoms with Gasteiger partial charge in [-0.05, 0) is 25.7 Å². The van der Waals surface area contributed by atoms with E-state index in [1.165, 1.54) is 0 Å². The highest BCUT2D eigenvalue weighted by molar-refractivity contribution is 5.76. The molecule has 0 saturated heterocycles. The number of carbonyl (C=O) groups excluding carboxylic acids is 1. The van der Waals surface area contributed by atoms with Gasteiger partial charge < -0.3 is 11.1 Å². The quantitative estimate of drug-likeness (QED) is 0.707. The molecule has 1 atom stereocenters. The van der Waals surface area contributed by atoms with Crippen LogP contribution in [0.3, 0.4) is 0 Å². The van der Waals surface area contributed by atoms with E-state index >= 15 is 0 Å². The maximum absolute atomic E-state index is 11.6. The van der Waals surface area contributed by atoms with Crippen LogP contribution in [0.1, 0.15) is 41.0 Å². The highest BCUT2D eigenvalue weighted by Crippen LogP contribution is 2.14. The molecule has 3 heteroatoms. The van der Waals surface area contributed by atoms with Crippen LogP contribution in [-0.4, -0.2) is 18.0 Å². The summed E-state index contributed by atoms with van der Waals surface area (Å²) in [5.74, 6) is 1.06. The van der Waals surface area contributed by atoms with Crippen LogP contribution in [0.4, 0.5) is 0 Å². The van der Waals surface area contributed by atoms with E-state index in [9.17, 15) is 4.79 Å². The highest BCUT2D eigenvalue weighted by atomic mass is 16.1. The Hall–Kier alpha value is -0.570. The standard InChI is InChI=1S/C11H24N2O/c1-8(2)9(3)6-10(14)13-11(4,5)7-12/h8-9H,6-7,12H2,1-5H3,(H,13,14). The zero-order valence-electron chi connectivity index (χ0n) is 10.1. The SMILES string of the molecule is CC(C)C(C)CC(=O)NC(C)(C)CN. The first kappa shape index (κ1) is 13.4. The summed E-state index contributed by atoms with van der Waals surface area (Å²) in [5.41, 5.74) is 5.25. The maximum atomic E-state index is 11.6. The van der Waals surface area contributed by atoms with Crippen molar-refractivity contribution >= 4 is 5.91 Å². The lowest BCUT2D eigenvalue weighted by Crippen LogP contribution is -2.49. The van der Waals surface area contributed by atoms with Crippen molar-refractivity contribution in [2.75, 3.05) is 6.54 Å². The Morgan fingerprint density at radius 3 is 2.21 bits per heavy atom. The van der Waals surface area contributed by atoms with E-state index < -0.39 is 0 Å². The molecule has 0 aromatic rings. The van der Waals surface area contributed by atoms with E-state index in [4.69, 9.17) is 5.73 Å². The summed E-state index contributed by atoms with van der Waals surface area (Å²) < 4.78 is 0. The Morgan fingerprint density at radius 1 is 1.36 bits per heavy atom. The predicted molar refractivity (Wildman–Crippen MR) is 59.9 cm³/mol. The summed E-state index contributed by atoms with van der Waals surface area (Å²) in [5, 5.41) is 2.93. The van der Waals surface area contributed by atoms with Gasteiger partial charge in [-0.2, -0.15) is 0 Å². The zero-order chi connectivity index (χ0) is 11.4. The monoisotopic (exact) mass is 200 g/mol. The number of carbonyl (C=O) groups is 1. The van der Waals surface area contributed by atoms with Crippen LogP contribution >= 0.6 is 0 Å². The van der Waals surface area contributed by atoms with Gasteiger partial charge in [0.05, 0.1) is 0 Å². The van der Waals surface area contributed by atoms with Gasteiger partial charge in [-0.25, -0.2) is 0 Å². The van der Waals surface area contributed by atoms with Crippen molar-refractivity contribution in [3.05, 3.63) is 0 Å². The fourth-order valence-corrected chi connectivity index (χ4v) is 1.01. The van der Waals surface area contributed by atoms with Crippen LogP contribution in [-0.2, 0) is 4.79 Å². The Morgan fingerprint density at radius 2 is 1.86 bits per heavy atom. The average Bonchev–Trinajstić information content (AvgIpc) is 2.02. The lowest BCUT2D eigenvalue weighted by Gasteiger charge is -2.25. The summed E-state index contributed by atoms with van der Waals surface area (Å²) >= 11 is 0. The van der Waals surface area contributed by atoms with E-state index in [0.29, 0.717) is 24.8 Å². The maximum Gasteiger partial charge on any atom is 0.220 e. The molecule has 0 bridgehead atoms. The number of hydrogen-bond acceptors (Lipinski definition) is 2. The van der Waals surface area contributed by atoms with Crippen LogP contribution in [0, 0.1) is 11.8 Å². The van der Waals surface area contributed by atoms with E-state index in [0.717, 1.165) is 0 Å². The van der Waals surface area contributed by atoms with Crippen LogP contribution in [0.25, 0.3) is 0 Å². The summed E-state index contributed by atoms with van der Waals surface area (Å²) in [7, 11) is 0. The first-order valence-corrected chi connectivity index (χ1v) is 5.29. The largest absolute Gasteiger partial charge is 0.350 e. The molecule has 0 fully saturated rings. The van der Waals surface area contributed by atoms with Crippen LogP contribution in [0.15, 0.2) is 0 Å². The summed E-state index contributed by atoms with van der Waals surface area (Å²) in [6.45, 7) is 10.7. The molecule has 1 unspecified atom stereocenters. The summed E-state index contributed by atoms with van der Waals surface area (Å²) in [6, 6.07) is 0. The van der Waals surface area contributed by atoms with Gasteiger partial charge in [0.15, 0.2) is 0 Å². The Bertz CT molecular complexity index is 188. The minimum Gasteiger partial charge on any atom is -0.350 e. The smallest absolute Gasteiger partial charge is 0.220 e. The van der Waals surface area contributed by atoms with Gasteiger partial charge in [0.1, 0.15) is 0 Å². The molecule has 0 aliphatic carbocycles. The van der Waals surface area contributed by atoms with Gasteiger partial charge in [-0.15, -0.1) is 0 Å². The number of amides is 1. The number of rotatable bonds is 5. The van der Waals surface area contributed by atoms with Gasteiger partial charge >= 0.3 is 0 Å². The molecule has 14 heavy (non-hydrogen) atoms. The molecule has 0 aromatic heterocycles. The number of nitrogens with one attached hydrogen (secondary N) is 1. The predicted octanol–water partition coefficient (Wildman–Crippen LogP) is 1.52. The second kappa shape index (κ2) is 5.35. The van der Waals surface area contributed by atoms with Gasteiger partial charge in [-0.3, -0.25) is 4.79 Å². The normalized spacial score (nSPS) is 14.2. The second-order valence-electron chi connectivity index (χ2n) is 5.06. The molecule has 1 amide bonds. The third-order valence-corrected chi connectivity index (χ3v) is 2.63. The molecule has 84 valence electrons. The molecule has 0 aromatic carbocycles. The van der Waals surface area contributed by atoms with Gasteiger partial charge in [0.25, 0.3) is 0 Å². The van der Waals surface area contributed by atoms with E-state index in [2.05, 4.69) is 26.1 Å². The fraction of sp³-hybridized carbons (Fsp3) is 0.909.